The summed E-state index contributed by atoms with van der Waals surface area (Å²) in [7, 11) is -3.55. The average Bonchev–Trinajstić information content (AvgIpc) is 3.05. The number of hydrogen-bond donors (Lipinski definition) is 0. The van der Waals surface area contributed by atoms with E-state index in [2.05, 4.69) is 0 Å². The molecule has 1 aromatic carbocycles. The van der Waals surface area contributed by atoms with Gasteiger partial charge in [0.1, 0.15) is 5.75 Å². The Hall–Kier alpha value is -2.23. The molecule has 1 fully saturated rings. The van der Waals surface area contributed by atoms with Crippen LogP contribution in [0.1, 0.15) is 27.0 Å². The fourth-order valence-corrected chi connectivity index (χ4v) is 6.17. The zero-order chi connectivity index (χ0) is 21.2. The molecule has 29 heavy (non-hydrogen) atoms. The smallest absolute Gasteiger partial charge is 0.260 e. The van der Waals surface area contributed by atoms with E-state index in [1.54, 1.807) is 35.2 Å². The molecule has 0 radical (unpaired) electrons. The second kappa shape index (κ2) is 8.64. The van der Waals surface area contributed by atoms with Crippen LogP contribution in [0, 0.1) is 13.8 Å². The van der Waals surface area contributed by atoms with Crippen molar-refractivity contribution in [2.75, 3.05) is 32.8 Å². The summed E-state index contributed by atoms with van der Waals surface area (Å²) in [5.74, 6) is 0.170. The summed E-state index contributed by atoms with van der Waals surface area (Å²) < 4.78 is 32.7. The first kappa shape index (κ1) is 21.5. The molecule has 9 heteroatoms. The lowest BCUT2D eigenvalue weighted by Gasteiger charge is -2.33. The second-order valence-electron chi connectivity index (χ2n) is 6.94. The van der Waals surface area contributed by atoms with Gasteiger partial charge in [-0.1, -0.05) is 12.1 Å². The molecule has 3 rings (SSSR count). The SMILES string of the molecule is CC(=O)c1cccc(OCC(=O)N2CCN(S(=O)(=O)c3cc(C)sc3C)CC2)c1. The number of sulfonamides is 1. The Labute approximate surface area is 174 Å². The molecular weight excluding hydrogens is 412 g/mol. The molecule has 0 saturated carbocycles. The molecule has 1 aliphatic heterocycles. The molecule has 0 aliphatic carbocycles. The van der Waals surface area contributed by atoms with Crippen LogP contribution in [0.15, 0.2) is 35.2 Å². The molecule has 0 spiro atoms. The minimum atomic E-state index is -3.55. The van der Waals surface area contributed by atoms with E-state index < -0.39 is 10.0 Å². The number of carbonyl (C=O) groups excluding carboxylic acids is 2. The van der Waals surface area contributed by atoms with Gasteiger partial charge in [-0.25, -0.2) is 8.42 Å². The van der Waals surface area contributed by atoms with E-state index in [9.17, 15) is 18.0 Å². The monoisotopic (exact) mass is 436 g/mol. The van der Waals surface area contributed by atoms with Crippen LogP contribution in [0.3, 0.4) is 0 Å². The van der Waals surface area contributed by atoms with Crippen LogP contribution in [-0.4, -0.2) is 62.1 Å². The van der Waals surface area contributed by atoms with Crippen molar-refractivity contribution in [2.24, 2.45) is 0 Å². The first-order chi connectivity index (χ1) is 13.7. The average molecular weight is 437 g/mol. The molecule has 0 bridgehead atoms. The van der Waals surface area contributed by atoms with E-state index in [1.807, 2.05) is 13.8 Å². The second-order valence-corrected chi connectivity index (χ2v) is 10.3. The molecule has 1 aromatic heterocycles. The minimum absolute atomic E-state index is 0.0739. The van der Waals surface area contributed by atoms with Gasteiger partial charge in [-0.2, -0.15) is 4.31 Å². The van der Waals surface area contributed by atoms with Crippen molar-refractivity contribution in [1.82, 2.24) is 9.21 Å². The normalized spacial score (nSPS) is 15.3. The summed E-state index contributed by atoms with van der Waals surface area (Å²) in [6.07, 6.45) is 0. The van der Waals surface area contributed by atoms with Crippen molar-refractivity contribution in [2.45, 2.75) is 25.7 Å². The van der Waals surface area contributed by atoms with Gasteiger partial charge in [-0.05, 0) is 39.0 Å². The van der Waals surface area contributed by atoms with Gasteiger partial charge < -0.3 is 9.64 Å². The zero-order valence-corrected chi connectivity index (χ0v) is 18.3. The van der Waals surface area contributed by atoms with Gasteiger partial charge in [-0.3, -0.25) is 9.59 Å². The number of ketones is 1. The van der Waals surface area contributed by atoms with Gasteiger partial charge >= 0.3 is 0 Å². The van der Waals surface area contributed by atoms with E-state index in [1.165, 1.54) is 22.6 Å². The first-order valence-electron chi connectivity index (χ1n) is 9.27. The number of Topliss-reactive ketones (excluding diaryl/α,β-unsaturated/α-hetero) is 1. The van der Waals surface area contributed by atoms with Crippen molar-refractivity contribution < 1.29 is 22.7 Å². The highest BCUT2D eigenvalue weighted by atomic mass is 32.2. The lowest BCUT2D eigenvalue weighted by atomic mass is 10.1. The predicted molar refractivity (Wildman–Crippen MR) is 111 cm³/mol. The van der Waals surface area contributed by atoms with Crippen LogP contribution in [0.2, 0.25) is 0 Å². The first-order valence-corrected chi connectivity index (χ1v) is 11.5. The van der Waals surface area contributed by atoms with Crippen LogP contribution in [-0.2, 0) is 14.8 Å². The van der Waals surface area contributed by atoms with Crippen molar-refractivity contribution in [3.63, 3.8) is 0 Å². The third-order valence-corrected chi connectivity index (χ3v) is 7.93. The van der Waals surface area contributed by atoms with Gasteiger partial charge in [0.25, 0.3) is 5.91 Å². The van der Waals surface area contributed by atoms with Crippen LogP contribution >= 0.6 is 11.3 Å². The molecule has 1 saturated heterocycles. The molecule has 1 amide bonds. The molecule has 7 nitrogen and oxygen atoms in total. The quantitative estimate of drug-likeness (QED) is 0.650. The van der Waals surface area contributed by atoms with Gasteiger partial charge in [0.15, 0.2) is 12.4 Å². The van der Waals surface area contributed by atoms with Crippen LogP contribution < -0.4 is 4.74 Å². The number of carbonyl (C=O) groups is 2. The lowest BCUT2D eigenvalue weighted by Crippen LogP contribution is -2.51. The highest BCUT2D eigenvalue weighted by Crippen LogP contribution is 2.28. The number of benzene rings is 1. The molecule has 0 unspecified atom stereocenters. The Morgan fingerprint density at radius 1 is 1.10 bits per heavy atom. The maximum Gasteiger partial charge on any atom is 0.260 e. The van der Waals surface area contributed by atoms with Gasteiger partial charge in [-0.15, -0.1) is 11.3 Å². The summed E-state index contributed by atoms with van der Waals surface area (Å²) in [5.41, 5.74) is 0.521. The molecule has 156 valence electrons. The highest BCUT2D eigenvalue weighted by molar-refractivity contribution is 7.89. The van der Waals surface area contributed by atoms with Crippen LogP contribution in [0.25, 0.3) is 0 Å². The van der Waals surface area contributed by atoms with Crippen molar-refractivity contribution in [3.8, 4) is 5.75 Å². The van der Waals surface area contributed by atoms with Crippen molar-refractivity contribution in [1.29, 1.82) is 0 Å². The third-order valence-electron chi connectivity index (χ3n) is 4.81. The summed E-state index contributed by atoms with van der Waals surface area (Å²) >= 11 is 1.46. The van der Waals surface area contributed by atoms with E-state index in [-0.39, 0.29) is 31.4 Å². The number of piperazine rings is 1. The number of ether oxygens (including phenoxy) is 1. The number of aryl methyl sites for hydroxylation is 2. The van der Waals surface area contributed by atoms with Crippen molar-refractivity contribution >= 4 is 33.1 Å². The molecule has 0 N–H and O–H groups in total. The summed E-state index contributed by atoms with van der Waals surface area (Å²) in [5, 5.41) is 0. The van der Waals surface area contributed by atoms with Crippen LogP contribution in [0.5, 0.6) is 5.75 Å². The van der Waals surface area contributed by atoms with E-state index in [0.29, 0.717) is 29.3 Å². The molecule has 1 aliphatic rings. The third kappa shape index (κ3) is 4.85. The Bertz CT molecular complexity index is 1020. The van der Waals surface area contributed by atoms with Crippen molar-refractivity contribution in [3.05, 3.63) is 45.6 Å². The molecule has 2 aromatic rings. The van der Waals surface area contributed by atoms with Gasteiger partial charge in [0.05, 0.1) is 4.90 Å². The number of rotatable bonds is 6. The summed E-state index contributed by atoms with van der Waals surface area (Å²) in [6, 6.07) is 8.39. The largest absolute Gasteiger partial charge is 0.484 e. The minimum Gasteiger partial charge on any atom is -0.484 e. The standard InChI is InChI=1S/C20H24N2O5S2/c1-14-11-19(16(3)28-14)29(25,26)22-9-7-21(8-10-22)20(24)13-27-18-6-4-5-17(12-18)15(2)23/h4-6,11-12H,7-10,13H2,1-3H3. The van der Waals surface area contributed by atoms with E-state index >= 15 is 0 Å². The Morgan fingerprint density at radius 3 is 2.38 bits per heavy atom. The number of nitrogens with zero attached hydrogens (tertiary/aromatic N) is 2. The van der Waals surface area contributed by atoms with Gasteiger partial charge in [0, 0.05) is 41.5 Å². The van der Waals surface area contributed by atoms with E-state index in [0.717, 1.165) is 9.75 Å². The summed E-state index contributed by atoms with van der Waals surface area (Å²) in [4.78, 5) is 27.6. The summed E-state index contributed by atoms with van der Waals surface area (Å²) in [6.45, 7) is 6.15. The number of thiophene rings is 1. The lowest BCUT2D eigenvalue weighted by molar-refractivity contribution is -0.134. The molecule has 2 heterocycles. The number of hydrogen-bond acceptors (Lipinski definition) is 6. The fraction of sp³-hybridized carbons (Fsp3) is 0.400. The Morgan fingerprint density at radius 2 is 1.79 bits per heavy atom. The van der Waals surface area contributed by atoms with Gasteiger partial charge in [0.2, 0.25) is 10.0 Å². The maximum absolute atomic E-state index is 12.9. The fourth-order valence-electron chi connectivity index (χ4n) is 3.22. The molecule has 0 atom stereocenters. The predicted octanol–water partition coefficient (Wildman–Crippen LogP) is 2.48. The highest BCUT2D eigenvalue weighted by Gasteiger charge is 2.31. The Kier molecular flexibility index (Phi) is 6.40. The zero-order valence-electron chi connectivity index (χ0n) is 16.7. The van der Waals surface area contributed by atoms with E-state index in [4.69, 9.17) is 4.74 Å². The molecular formula is C20H24N2O5S2. The topological polar surface area (TPSA) is 84.0 Å². The Balaban J connectivity index is 1.56. The number of amides is 1. The maximum atomic E-state index is 12.9. The van der Waals surface area contributed by atoms with Crippen LogP contribution in [0.4, 0.5) is 0 Å².